The van der Waals surface area contributed by atoms with Crippen molar-refractivity contribution in [1.29, 1.82) is 0 Å². The molecule has 126 valence electrons. The number of benzene rings is 1. The zero-order chi connectivity index (χ0) is 15.7. The first-order chi connectivity index (χ1) is 9.90. The first-order valence-electron chi connectivity index (χ1n) is 7.35. The van der Waals surface area contributed by atoms with Gasteiger partial charge in [-0.3, -0.25) is 4.99 Å². The van der Waals surface area contributed by atoms with Crippen LogP contribution in [0.5, 0.6) is 0 Å². The summed E-state index contributed by atoms with van der Waals surface area (Å²) < 4.78 is 0. The van der Waals surface area contributed by atoms with Crippen LogP contribution in [-0.4, -0.2) is 38.2 Å². The van der Waals surface area contributed by atoms with E-state index >= 15 is 0 Å². The Bertz CT molecular complexity index is 440. The van der Waals surface area contributed by atoms with Crippen molar-refractivity contribution in [3.05, 3.63) is 34.9 Å². The Morgan fingerprint density at radius 3 is 2.18 bits per heavy atom. The summed E-state index contributed by atoms with van der Waals surface area (Å²) in [5.41, 5.74) is 1.41. The van der Waals surface area contributed by atoms with E-state index in [1.165, 1.54) is 5.56 Å². The molecule has 0 spiro atoms. The van der Waals surface area contributed by atoms with Gasteiger partial charge in [-0.15, -0.1) is 24.0 Å². The molecule has 0 heterocycles. The fourth-order valence-electron chi connectivity index (χ4n) is 1.82. The number of hydrogen-bond acceptors (Lipinski definition) is 2. The summed E-state index contributed by atoms with van der Waals surface area (Å²) in [5.74, 6) is 0.833. The van der Waals surface area contributed by atoms with Crippen molar-refractivity contribution in [2.75, 3.05) is 26.7 Å². The third-order valence-electron chi connectivity index (χ3n) is 2.92. The summed E-state index contributed by atoms with van der Waals surface area (Å²) >= 11 is 5.87. The van der Waals surface area contributed by atoms with Crippen molar-refractivity contribution in [1.82, 2.24) is 16.0 Å². The van der Waals surface area contributed by atoms with Gasteiger partial charge in [0.2, 0.25) is 0 Å². The molecule has 22 heavy (non-hydrogen) atoms. The fourth-order valence-corrected chi connectivity index (χ4v) is 1.94. The summed E-state index contributed by atoms with van der Waals surface area (Å²) in [7, 11) is 1.79. The van der Waals surface area contributed by atoms with Crippen molar-refractivity contribution in [3.8, 4) is 0 Å². The van der Waals surface area contributed by atoms with E-state index in [9.17, 15) is 0 Å². The van der Waals surface area contributed by atoms with E-state index in [-0.39, 0.29) is 29.5 Å². The normalized spacial score (nSPS) is 11.8. The average molecular weight is 439 g/mol. The highest BCUT2D eigenvalue weighted by molar-refractivity contribution is 14.0. The first-order valence-corrected chi connectivity index (χ1v) is 7.72. The molecule has 0 fully saturated rings. The number of rotatable bonds is 6. The Kier molecular flexibility index (Phi) is 10.8. The quantitative estimate of drug-likeness (QED) is 0.277. The van der Waals surface area contributed by atoms with Crippen LogP contribution in [0.1, 0.15) is 26.3 Å². The van der Waals surface area contributed by atoms with Crippen LogP contribution < -0.4 is 16.0 Å². The van der Waals surface area contributed by atoms with Crippen LogP contribution >= 0.6 is 35.6 Å². The molecule has 0 radical (unpaired) electrons. The predicted octanol–water partition coefficient (Wildman–Crippen LogP) is 3.05. The fraction of sp³-hybridized carbons (Fsp3) is 0.562. The topological polar surface area (TPSA) is 48.5 Å². The molecule has 0 atom stereocenters. The number of nitrogens with one attached hydrogen (secondary N) is 3. The Labute approximate surface area is 156 Å². The predicted molar refractivity (Wildman–Crippen MR) is 108 cm³/mol. The van der Waals surface area contributed by atoms with E-state index in [2.05, 4.69) is 41.7 Å². The van der Waals surface area contributed by atoms with Crippen LogP contribution in [0.4, 0.5) is 0 Å². The smallest absolute Gasteiger partial charge is 0.191 e. The third kappa shape index (κ3) is 10.2. The van der Waals surface area contributed by atoms with Crippen LogP contribution in [-0.2, 0) is 6.42 Å². The minimum atomic E-state index is 0. The van der Waals surface area contributed by atoms with E-state index in [0.29, 0.717) is 0 Å². The maximum Gasteiger partial charge on any atom is 0.191 e. The molecule has 3 N–H and O–H groups in total. The molecule has 0 aromatic heterocycles. The van der Waals surface area contributed by atoms with Crippen LogP contribution in [0.3, 0.4) is 0 Å². The summed E-state index contributed by atoms with van der Waals surface area (Å²) in [4.78, 5) is 4.21. The summed E-state index contributed by atoms with van der Waals surface area (Å²) in [6.07, 6.45) is 0.943. The second-order valence-corrected chi connectivity index (χ2v) is 6.42. The molecule has 0 saturated heterocycles. The highest BCUT2D eigenvalue weighted by atomic mass is 127. The largest absolute Gasteiger partial charge is 0.356 e. The average Bonchev–Trinajstić information content (AvgIpc) is 2.42. The van der Waals surface area contributed by atoms with Crippen LogP contribution in [0.15, 0.2) is 29.3 Å². The number of halogens is 2. The molecule has 0 saturated carbocycles. The summed E-state index contributed by atoms with van der Waals surface area (Å²) in [5, 5.41) is 10.8. The molecule has 1 aromatic carbocycles. The van der Waals surface area contributed by atoms with Crippen molar-refractivity contribution < 1.29 is 0 Å². The van der Waals surface area contributed by atoms with Crippen molar-refractivity contribution in [3.63, 3.8) is 0 Å². The Morgan fingerprint density at radius 1 is 1.05 bits per heavy atom. The van der Waals surface area contributed by atoms with Gasteiger partial charge in [0.25, 0.3) is 0 Å². The maximum atomic E-state index is 5.87. The lowest BCUT2D eigenvalue weighted by molar-refractivity contribution is 0.428. The highest BCUT2D eigenvalue weighted by Gasteiger charge is 2.07. The highest BCUT2D eigenvalue weighted by Crippen LogP contribution is 2.09. The second kappa shape index (κ2) is 11.1. The van der Waals surface area contributed by atoms with E-state index in [0.717, 1.165) is 37.0 Å². The van der Waals surface area contributed by atoms with Gasteiger partial charge in [0.05, 0.1) is 0 Å². The first kappa shape index (κ1) is 21.5. The Hall–Kier alpha value is -0.530. The van der Waals surface area contributed by atoms with Gasteiger partial charge in [0.15, 0.2) is 5.96 Å². The second-order valence-electron chi connectivity index (χ2n) is 5.98. The van der Waals surface area contributed by atoms with Gasteiger partial charge in [-0.1, -0.05) is 23.7 Å². The van der Waals surface area contributed by atoms with Gasteiger partial charge in [-0.2, -0.15) is 0 Å². The lowest BCUT2D eigenvalue weighted by Crippen LogP contribution is -2.44. The molecular weight excluding hydrogens is 411 g/mol. The van der Waals surface area contributed by atoms with Gasteiger partial charge in [-0.05, 0) is 44.9 Å². The lowest BCUT2D eigenvalue weighted by Gasteiger charge is -2.21. The Balaban J connectivity index is 0.00000441. The zero-order valence-electron chi connectivity index (χ0n) is 13.9. The molecule has 0 unspecified atom stereocenters. The molecule has 0 bridgehead atoms. The molecule has 4 nitrogen and oxygen atoms in total. The Morgan fingerprint density at radius 2 is 1.64 bits per heavy atom. The van der Waals surface area contributed by atoms with Crippen molar-refractivity contribution in [2.24, 2.45) is 4.99 Å². The van der Waals surface area contributed by atoms with Gasteiger partial charge >= 0.3 is 0 Å². The molecule has 6 heteroatoms. The zero-order valence-corrected chi connectivity index (χ0v) is 17.0. The van der Waals surface area contributed by atoms with E-state index in [1.54, 1.807) is 7.05 Å². The van der Waals surface area contributed by atoms with Gasteiger partial charge in [0, 0.05) is 37.2 Å². The van der Waals surface area contributed by atoms with Gasteiger partial charge < -0.3 is 16.0 Å². The molecule has 0 aliphatic heterocycles. The summed E-state index contributed by atoms with van der Waals surface area (Å²) in [6.45, 7) is 9.07. The minimum Gasteiger partial charge on any atom is -0.356 e. The standard InChI is InChI=1S/C16H27ClN4.HI/c1-16(2,3)21-12-11-20-15(18-4)19-10-9-13-5-7-14(17)8-6-13;/h5-8,21H,9-12H2,1-4H3,(H2,18,19,20);1H. The van der Waals surface area contributed by atoms with E-state index in [1.807, 2.05) is 24.3 Å². The molecule has 1 rings (SSSR count). The van der Waals surface area contributed by atoms with E-state index in [4.69, 9.17) is 11.6 Å². The van der Waals surface area contributed by atoms with Crippen LogP contribution in [0, 0.1) is 0 Å². The molecular formula is C16H28ClIN4. The summed E-state index contributed by atoms with van der Waals surface area (Å²) in [6, 6.07) is 7.94. The number of nitrogens with zero attached hydrogens (tertiary/aromatic N) is 1. The molecule has 0 aliphatic rings. The lowest BCUT2D eigenvalue weighted by atomic mass is 10.1. The van der Waals surface area contributed by atoms with Crippen molar-refractivity contribution in [2.45, 2.75) is 32.7 Å². The SMILES string of the molecule is CN=C(NCCNC(C)(C)C)NCCc1ccc(Cl)cc1.I. The van der Waals surface area contributed by atoms with Crippen LogP contribution in [0.2, 0.25) is 5.02 Å². The monoisotopic (exact) mass is 438 g/mol. The molecule has 1 aromatic rings. The molecule has 0 amide bonds. The maximum absolute atomic E-state index is 5.87. The minimum absolute atomic E-state index is 0. The molecule has 0 aliphatic carbocycles. The third-order valence-corrected chi connectivity index (χ3v) is 3.17. The van der Waals surface area contributed by atoms with Crippen LogP contribution in [0.25, 0.3) is 0 Å². The van der Waals surface area contributed by atoms with Gasteiger partial charge in [0.1, 0.15) is 0 Å². The van der Waals surface area contributed by atoms with Gasteiger partial charge in [-0.25, -0.2) is 0 Å². The number of aliphatic imine (C=N–C) groups is 1. The number of guanidine groups is 1. The van der Waals surface area contributed by atoms with E-state index < -0.39 is 0 Å². The number of hydrogen-bond donors (Lipinski definition) is 3. The van der Waals surface area contributed by atoms with Crippen molar-refractivity contribution >= 4 is 41.5 Å².